The Labute approximate surface area is 121 Å². The third-order valence-electron chi connectivity index (χ3n) is 3.87. The first-order valence-electron chi connectivity index (χ1n) is 7.59. The molecule has 0 fully saturated rings. The fraction of sp³-hybridized carbons (Fsp3) is 0.471. The topological polar surface area (TPSA) is 29.9 Å². The Bertz CT molecular complexity index is 611. The molecule has 20 heavy (non-hydrogen) atoms. The van der Waals surface area contributed by atoms with Crippen molar-refractivity contribution < 1.29 is 0 Å². The minimum atomic E-state index is 0.384. The van der Waals surface area contributed by atoms with Crippen molar-refractivity contribution in [3.05, 3.63) is 41.2 Å². The van der Waals surface area contributed by atoms with E-state index in [4.69, 9.17) is 0 Å². The van der Waals surface area contributed by atoms with Gasteiger partial charge in [0.25, 0.3) is 0 Å². The van der Waals surface area contributed by atoms with Gasteiger partial charge in [-0.2, -0.15) is 0 Å². The zero-order valence-electron chi connectivity index (χ0n) is 12.6. The molecule has 0 radical (unpaired) electrons. The molecule has 1 aromatic carbocycles. The predicted octanol–water partition coefficient (Wildman–Crippen LogP) is 3.88. The Balaban J connectivity index is 2.09. The highest BCUT2D eigenvalue weighted by molar-refractivity contribution is 5.52. The second kappa shape index (κ2) is 5.31. The third-order valence-corrected chi connectivity index (χ3v) is 3.87. The molecule has 0 spiro atoms. The Morgan fingerprint density at radius 2 is 2.00 bits per heavy atom. The molecule has 1 aliphatic rings. The van der Waals surface area contributed by atoms with E-state index in [1.54, 1.807) is 0 Å². The number of hydrogen-bond acceptors (Lipinski definition) is 2. The average Bonchev–Trinajstić information content (AvgIpc) is 2.78. The largest absolute Gasteiger partial charge is 0.353 e. The average molecular weight is 269 g/mol. The molecule has 1 N–H and O–H groups in total. The summed E-state index contributed by atoms with van der Waals surface area (Å²) in [5.74, 6) is 0.955. The Morgan fingerprint density at radius 3 is 2.80 bits per heavy atom. The fourth-order valence-corrected chi connectivity index (χ4v) is 3.03. The van der Waals surface area contributed by atoms with Gasteiger partial charge in [-0.05, 0) is 63.6 Å². The summed E-state index contributed by atoms with van der Waals surface area (Å²) in [7, 11) is 0. The van der Waals surface area contributed by atoms with E-state index in [1.165, 1.54) is 42.5 Å². The maximum Gasteiger partial charge on any atom is 0.207 e. The highest BCUT2D eigenvalue weighted by Crippen LogP contribution is 2.29. The molecule has 1 aliphatic carbocycles. The minimum absolute atomic E-state index is 0.384. The van der Waals surface area contributed by atoms with E-state index in [0.717, 1.165) is 11.6 Å². The molecule has 0 amide bonds. The van der Waals surface area contributed by atoms with Gasteiger partial charge in [-0.15, -0.1) is 0 Å². The lowest BCUT2D eigenvalue weighted by atomic mass is 9.90. The molecule has 106 valence electrons. The Hall–Kier alpha value is -1.77. The number of benzene rings is 1. The number of aryl methyl sites for hydroxylation is 2. The lowest BCUT2D eigenvalue weighted by Gasteiger charge is -2.21. The number of nitrogens with one attached hydrogen (secondary N) is 1. The van der Waals surface area contributed by atoms with E-state index in [-0.39, 0.29) is 0 Å². The summed E-state index contributed by atoms with van der Waals surface area (Å²) >= 11 is 0. The second-order valence-electron chi connectivity index (χ2n) is 6.00. The van der Waals surface area contributed by atoms with Crippen molar-refractivity contribution in [2.24, 2.45) is 0 Å². The second-order valence-corrected chi connectivity index (χ2v) is 6.00. The SMILES string of the molecule is Cc1cn(-c2cccc3c2CCCC3)c(NC(C)C)n1. The van der Waals surface area contributed by atoms with Crippen molar-refractivity contribution >= 4 is 5.95 Å². The van der Waals surface area contributed by atoms with Crippen LogP contribution >= 0.6 is 0 Å². The predicted molar refractivity (Wildman–Crippen MR) is 83.7 cm³/mol. The van der Waals surface area contributed by atoms with Crippen LogP contribution in [0.25, 0.3) is 5.69 Å². The number of rotatable bonds is 3. The van der Waals surface area contributed by atoms with Gasteiger partial charge in [0, 0.05) is 12.2 Å². The molecule has 0 bridgehead atoms. The van der Waals surface area contributed by atoms with Crippen molar-refractivity contribution in [2.45, 2.75) is 52.5 Å². The molecular weight excluding hydrogens is 246 g/mol. The fourth-order valence-electron chi connectivity index (χ4n) is 3.03. The summed E-state index contributed by atoms with van der Waals surface area (Å²) in [6.45, 7) is 6.35. The van der Waals surface area contributed by atoms with Crippen LogP contribution in [0.15, 0.2) is 24.4 Å². The van der Waals surface area contributed by atoms with Crippen LogP contribution in [0.5, 0.6) is 0 Å². The molecule has 1 aromatic heterocycles. The molecule has 2 aromatic rings. The highest BCUT2D eigenvalue weighted by Gasteiger charge is 2.16. The van der Waals surface area contributed by atoms with Gasteiger partial charge in [0.15, 0.2) is 0 Å². The van der Waals surface area contributed by atoms with Gasteiger partial charge in [0.1, 0.15) is 0 Å². The van der Waals surface area contributed by atoms with Crippen LogP contribution in [0.3, 0.4) is 0 Å². The molecule has 0 atom stereocenters. The number of anilines is 1. The highest BCUT2D eigenvalue weighted by atomic mass is 15.2. The Morgan fingerprint density at radius 1 is 1.20 bits per heavy atom. The first kappa shape index (κ1) is 13.2. The monoisotopic (exact) mass is 269 g/mol. The smallest absolute Gasteiger partial charge is 0.207 e. The first-order chi connectivity index (χ1) is 9.65. The molecule has 0 saturated heterocycles. The van der Waals surface area contributed by atoms with Gasteiger partial charge in [-0.3, -0.25) is 4.57 Å². The van der Waals surface area contributed by atoms with Crippen molar-refractivity contribution in [2.75, 3.05) is 5.32 Å². The molecule has 3 rings (SSSR count). The first-order valence-corrected chi connectivity index (χ1v) is 7.59. The van der Waals surface area contributed by atoms with E-state index >= 15 is 0 Å². The van der Waals surface area contributed by atoms with Crippen LogP contribution in [-0.4, -0.2) is 15.6 Å². The summed E-state index contributed by atoms with van der Waals surface area (Å²) in [4.78, 5) is 4.63. The van der Waals surface area contributed by atoms with Crippen LogP contribution in [0.4, 0.5) is 5.95 Å². The number of fused-ring (bicyclic) bond motifs is 1. The maximum absolute atomic E-state index is 4.63. The molecular formula is C17H23N3. The summed E-state index contributed by atoms with van der Waals surface area (Å²) in [6.07, 6.45) is 7.14. The summed E-state index contributed by atoms with van der Waals surface area (Å²) in [6, 6.07) is 7.05. The molecule has 0 saturated carbocycles. The van der Waals surface area contributed by atoms with Crippen LogP contribution < -0.4 is 5.32 Å². The van der Waals surface area contributed by atoms with Crippen molar-refractivity contribution in [3.8, 4) is 5.69 Å². The van der Waals surface area contributed by atoms with Crippen LogP contribution in [0, 0.1) is 6.92 Å². The van der Waals surface area contributed by atoms with Gasteiger partial charge in [0.05, 0.1) is 11.4 Å². The van der Waals surface area contributed by atoms with Crippen molar-refractivity contribution in [3.63, 3.8) is 0 Å². The Kier molecular flexibility index (Phi) is 3.51. The van der Waals surface area contributed by atoms with Crippen molar-refractivity contribution in [1.82, 2.24) is 9.55 Å². The van der Waals surface area contributed by atoms with Gasteiger partial charge < -0.3 is 5.32 Å². The number of hydrogen-bond donors (Lipinski definition) is 1. The van der Waals surface area contributed by atoms with E-state index in [1.807, 2.05) is 0 Å². The molecule has 1 heterocycles. The maximum atomic E-state index is 4.63. The van der Waals surface area contributed by atoms with E-state index in [2.05, 4.69) is 60.0 Å². The minimum Gasteiger partial charge on any atom is -0.353 e. The molecule has 3 heteroatoms. The van der Waals surface area contributed by atoms with Gasteiger partial charge >= 0.3 is 0 Å². The van der Waals surface area contributed by atoms with Gasteiger partial charge in [-0.25, -0.2) is 4.98 Å². The van der Waals surface area contributed by atoms with Crippen LogP contribution in [-0.2, 0) is 12.8 Å². The van der Waals surface area contributed by atoms with Crippen LogP contribution in [0.2, 0.25) is 0 Å². The molecule has 0 unspecified atom stereocenters. The molecule has 3 nitrogen and oxygen atoms in total. The summed E-state index contributed by atoms with van der Waals surface area (Å²) in [5.41, 5.74) is 5.37. The number of aromatic nitrogens is 2. The number of nitrogens with zero attached hydrogens (tertiary/aromatic N) is 2. The summed E-state index contributed by atoms with van der Waals surface area (Å²) < 4.78 is 2.22. The zero-order valence-corrected chi connectivity index (χ0v) is 12.6. The van der Waals surface area contributed by atoms with E-state index in [9.17, 15) is 0 Å². The van der Waals surface area contributed by atoms with Gasteiger partial charge in [-0.1, -0.05) is 12.1 Å². The van der Waals surface area contributed by atoms with Crippen LogP contribution in [0.1, 0.15) is 43.5 Å². The summed E-state index contributed by atoms with van der Waals surface area (Å²) in [5, 5.41) is 3.45. The molecule has 0 aliphatic heterocycles. The standard InChI is InChI=1S/C17H23N3/c1-12(2)18-17-19-13(3)11-20(17)16-10-6-8-14-7-4-5-9-15(14)16/h6,8,10-12H,4-5,7,9H2,1-3H3,(H,18,19). The lowest BCUT2D eigenvalue weighted by molar-refractivity contribution is 0.681. The number of imidazole rings is 1. The third kappa shape index (κ3) is 2.45. The zero-order chi connectivity index (χ0) is 14.1. The normalized spacial score (nSPS) is 14.4. The van der Waals surface area contributed by atoms with E-state index < -0.39 is 0 Å². The van der Waals surface area contributed by atoms with E-state index in [0.29, 0.717) is 6.04 Å². The lowest BCUT2D eigenvalue weighted by Crippen LogP contribution is -2.15. The quantitative estimate of drug-likeness (QED) is 0.916. The van der Waals surface area contributed by atoms with Gasteiger partial charge in [0.2, 0.25) is 5.95 Å². The van der Waals surface area contributed by atoms with Crippen molar-refractivity contribution in [1.29, 1.82) is 0 Å².